The lowest BCUT2D eigenvalue weighted by Crippen LogP contribution is -2.31. The average molecular weight is 266 g/mol. The van der Waals surface area contributed by atoms with Crippen LogP contribution >= 0.6 is 0 Å². The first-order chi connectivity index (χ1) is 9.60. The zero-order chi connectivity index (χ0) is 14.5. The maximum Gasteiger partial charge on any atom is 0.488 e. The molecule has 2 rings (SSSR count). The van der Waals surface area contributed by atoms with Gasteiger partial charge in [0.05, 0.1) is 11.6 Å². The van der Waals surface area contributed by atoms with Gasteiger partial charge in [-0.25, -0.2) is 0 Å². The minimum atomic E-state index is -1.73. The van der Waals surface area contributed by atoms with Crippen LogP contribution in [0.15, 0.2) is 48.5 Å². The number of para-hydroxylation sites is 1. The molecule has 0 fully saturated rings. The highest BCUT2D eigenvalue weighted by Gasteiger charge is 2.16. The minimum Gasteiger partial charge on any atom is -0.423 e. The molecule has 5 nitrogen and oxygen atoms in total. The molecule has 3 N–H and O–H groups in total. The Balaban J connectivity index is 2.30. The molecule has 98 valence electrons. The third kappa shape index (κ3) is 3.23. The normalized spacial score (nSPS) is 9.65. The number of nitrogens with one attached hydrogen (secondary N) is 1. The van der Waals surface area contributed by atoms with Crippen LogP contribution in [0.25, 0.3) is 0 Å². The van der Waals surface area contributed by atoms with Crippen LogP contribution in [-0.4, -0.2) is 23.1 Å². The second kappa shape index (κ2) is 6.02. The molecular formula is C14H11BN2O3. The van der Waals surface area contributed by atoms with Gasteiger partial charge >= 0.3 is 7.12 Å². The molecule has 0 unspecified atom stereocenters. The lowest BCUT2D eigenvalue weighted by atomic mass is 9.78. The van der Waals surface area contributed by atoms with Crippen LogP contribution in [0.3, 0.4) is 0 Å². The van der Waals surface area contributed by atoms with Gasteiger partial charge in [-0.15, -0.1) is 0 Å². The highest BCUT2D eigenvalue weighted by Crippen LogP contribution is 2.09. The van der Waals surface area contributed by atoms with Crippen molar-refractivity contribution in [3.63, 3.8) is 0 Å². The molecule has 0 bridgehead atoms. The van der Waals surface area contributed by atoms with E-state index in [-0.39, 0.29) is 16.6 Å². The van der Waals surface area contributed by atoms with Gasteiger partial charge in [0, 0.05) is 11.3 Å². The van der Waals surface area contributed by atoms with Crippen LogP contribution in [0.4, 0.5) is 5.69 Å². The van der Waals surface area contributed by atoms with Crippen molar-refractivity contribution in [2.45, 2.75) is 0 Å². The van der Waals surface area contributed by atoms with Crippen molar-refractivity contribution >= 4 is 24.2 Å². The van der Waals surface area contributed by atoms with Gasteiger partial charge < -0.3 is 15.4 Å². The monoisotopic (exact) mass is 266 g/mol. The number of nitriles is 1. The topological polar surface area (TPSA) is 93.3 Å². The smallest absolute Gasteiger partial charge is 0.423 e. The molecule has 0 atom stereocenters. The van der Waals surface area contributed by atoms with E-state index < -0.39 is 13.0 Å². The van der Waals surface area contributed by atoms with E-state index in [1.807, 2.05) is 12.1 Å². The molecule has 0 aliphatic heterocycles. The first-order valence-electron chi connectivity index (χ1n) is 5.88. The summed E-state index contributed by atoms with van der Waals surface area (Å²) in [6.07, 6.45) is 0. The fraction of sp³-hybridized carbons (Fsp3) is 0. The Labute approximate surface area is 116 Å². The van der Waals surface area contributed by atoms with Crippen molar-refractivity contribution < 1.29 is 14.8 Å². The van der Waals surface area contributed by atoms with E-state index in [0.29, 0.717) is 5.69 Å². The summed E-state index contributed by atoms with van der Waals surface area (Å²) in [6, 6.07) is 14.8. The van der Waals surface area contributed by atoms with Crippen molar-refractivity contribution in [3.8, 4) is 6.07 Å². The Hall–Kier alpha value is -2.62. The van der Waals surface area contributed by atoms with E-state index >= 15 is 0 Å². The quantitative estimate of drug-likeness (QED) is 0.705. The molecule has 20 heavy (non-hydrogen) atoms. The standard InChI is InChI=1S/C14H11BN2O3/c16-9-10-6-11(8-12(7-10)15(19)20)14(18)17-13-4-2-1-3-5-13/h1-8,19-20H,(H,17,18). The van der Waals surface area contributed by atoms with Crippen LogP contribution < -0.4 is 10.8 Å². The summed E-state index contributed by atoms with van der Waals surface area (Å²) in [4.78, 5) is 12.1. The highest BCUT2D eigenvalue weighted by molar-refractivity contribution is 6.58. The molecule has 0 aromatic heterocycles. The number of rotatable bonds is 3. The Morgan fingerprint density at radius 1 is 1.15 bits per heavy atom. The summed E-state index contributed by atoms with van der Waals surface area (Å²) < 4.78 is 0. The van der Waals surface area contributed by atoms with Crippen molar-refractivity contribution in [2.75, 3.05) is 5.32 Å². The van der Waals surface area contributed by atoms with Gasteiger partial charge in [-0.2, -0.15) is 5.26 Å². The lowest BCUT2D eigenvalue weighted by Gasteiger charge is -2.07. The molecule has 0 heterocycles. The lowest BCUT2D eigenvalue weighted by molar-refractivity contribution is 0.102. The van der Waals surface area contributed by atoms with Gasteiger partial charge in [-0.05, 0) is 35.8 Å². The molecule has 6 heteroatoms. The van der Waals surface area contributed by atoms with Crippen LogP contribution in [0.5, 0.6) is 0 Å². The first kappa shape index (κ1) is 13.8. The van der Waals surface area contributed by atoms with Gasteiger partial charge in [-0.3, -0.25) is 4.79 Å². The Morgan fingerprint density at radius 2 is 1.85 bits per heavy atom. The van der Waals surface area contributed by atoms with E-state index in [4.69, 9.17) is 15.3 Å². The zero-order valence-corrected chi connectivity index (χ0v) is 10.4. The number of carbonyl (C=O) groups excluding carboxylic acids is 1. The largest absolute Gasteiger partial charge is 0.488 e. The molecule has 0 radical (unpaired) electrons. The second-order valence-electron chi connectivity index (χ2n) is 4.15. The molecule has 0 aliphatic rings. The molecule has 0 saturated heterocycles. The molecule has 2 aromatic rings. The summed E-state index contributed by atoms with van der Waals surface area (Å²) in [5.41, 5.74) is 1.10. The summed E-state index contributed by atoms with van der Waals surface area (Å²) >= 11 is 0. The molecule has 0 saturated carbocycles. The fourth-order valence-electron chi connectivity index (χ4n) is 1.72. The molecule has 1 amide bonds. The van der Waals surface area contributed by atoms with Crippen molar-refractivity contribution in [1.82, 2.24) is 0 Å². The summed E-state index contributed by atoms with van der Waals surface area (Å²) in [7, 11) is -1.73. The van der Waals surface area contributed by atoms with E-state index in [1.165, 1.54) is 18.2 Å². The summed E-state index contributed by atoms with van der Waals surface area (Å²) in [6.45, 7) is 0. The molecular weight excluding hydrogens is 255 g/mol. The van der Waals surface area contributed by atoms with Crippen molar-refractivity contribution in [2.24, 2.45) is 0 Å². The van der Waals surface area contributed by atoms with Gasteiger partial charge in [-0.1, -0.05) is 18.2 Å². The van der Waals surface area contributed by atoms with Crippen molar-refractivity contribution in [1.29, 1.82) is 5.26 Å². The number of amides is 1. The molecule has 2 aromatic carbocycles. The number of hydrogen-bond acceptors (Lipinski definition) is 4. The van der Waals surface area contributed by atoms with Crippen LogP contribution in [0.2, 0.25) is 0 Å². The Morgan fingerprint density at radius 3 is 2.45 bits per heavy atom. The second-order valence-corrected chi connectivity index (χ2v) is 4.15. The van der Waals surface area contributed by atoms with E-state index in [9.17, 15) is 4.79 Å². The number of hydrogen-bond donors (Lipinski definition) is 3. The molecule has 0 aliphatic carbocycles. The minimum absolute atomic E-state index is 0.0993. The number of carbonyl (C=O) groups is 1. The Kier molecular flexibility index (Phi) is 4.16. The van der Waals surface area contributed by atoms with Crippen LogP contribution in [0.1, 0.15) is 15.9 Å². The third-order valence-electron chi connectivity index (χ3n) is 2.68. The van der Waals surface area contributed by atoms with Crippen molar-refractivity contribution in [3.05, 3.63) is 59.7 Å². The van der Waals surface area contributed by atoms with Gasteiger partial charge in [0.1, 0.15) is 0 Å². The van der Waals surface area contributed by atoms with Gasteiger partial charge in [0.25, 0.3) is 5.91 Å². The van der Waals surface area contributed by atoms with Gasteiger partial charge in [0.2, 0.25) is 0 Å². The highest BCUT2D eigenvalue weighted by atomic mass is 16.4. The maximum atomic E-state index is 12.1. The van der Waals surface area contributed by atoms with Crippen LogP contribution in [0, 0.1) is 11.3 Å². The predicted octanol–water partition coefficient (Wildman–Crippen LogP) is 0.490. The summed E-state index contributed by atoms with van der Waals surface area (Å²) in [5.74, 6) is -0.421. The average Bonchev–Trinajstić information content (AvgIpc) is 2.47. The first-order valence-corrected chi connectivity index (χ1v) is 5.88. The molecule has 0 spiro atoms. The number of anilines is 1. The van der Waals surface area contributed by atoms with E-state index in [1.54, 1.807) is 24.3 Å². The number of nitrogens with zero attached hydrogens (tertiary/aromatic N) is 1. The zero-order valence-electron chi connectivity index (χ0n) is 10.4. The maximum absolute atomic E-state index is 12.1. The predicted molar refractivity (Wildman–Crippen MR) is 75.4 cm³/mol. The van der Waals surface area contributed by atoms with Crippen LogP contribution in [-0.2, 0) is 0 Å². The SMILES string of the molecule is N#Cc1cc(B(O)O)cc(C(=O)Nc2ccccc2)c1. The number of benzene rings is 2. The summed E-state index contributed by atoms with van der Waals surface area (Å²) in [5, 5.41) is 29.9. The third-order valence-corrected chi connectivity index (χ3v) is 2.68. The fourth-order valence-corrected chi connectivity index (χ4v) is 1.72. The van der Waals surface area contributed by atoms with Gasteiger partial charge in [0.15, 0.2) is 0 Å². The van der Waals surface area contributed by atoms with E-state index in [2.05, 4.69) is 5.32 Å². The Bertz CT molecular complexity index is 666. The van der Waals surface area contributed by atoms with E-state index in [0.717, 1.165) is 0 Å².